The number of unbranched alkanes of at least 4 members (excludes halogenated alkanes) is 2. The van der Waals surface area contributed by atoms with Gasteiger partial charge in [0.2, 0.25) is 12.1 Å². The highest BCUT2D eigenvalue weighted by molar-refractivity contribution is 7.98. The molecule has 2 fully saturated rings. The number of fused-ring (bicyclic) bond motifs is 2. The van der Waals surface area contributed by atoms with Gasteiger partial charge in [-0.3, -0.25) is 4.90 Å². The van der Waals surface area contributed by atoms with Gasteiger partial charge in [-0.05, 0) is 112 Å². The van der Waals surface area contributed by atoms with Gasteiger partial charge in [0.25, 0.3) is 0 Å². The van der Waals surface area contributed by atoms with Crippen LogP contribution >= 0.6 is 11.8 Å². The molecular weight excluding hydrogens is 789 g/mol. The zero-order valence-electron chi connectivity index (χ0n) is 35.2. The van der Waals surface area contributed by atoms with Crippen molar-refractivity contribution in [3.05, 3.63) is 72.3 Å². The third-order valence-electron chi connectivity index (χ3n) is 11.9. The van der Waals surface area contributed by atoms with Gasteiger partial charge in [0.1, 0.15) is 23.3 Å². The number of hydrogen-bond acceptors (Lipinski definition) is 13. The van der Waals surface area contributed by atoms with Crippen LogP contribution in [0.15, 0.2) is 76.8 Å². The fraction of sp³-hybridized carbons (Fsp3) is 0.609. The molecule has 13 nitrogen and oxygen atoms in total. The number of benzene rings is 2. The summed E-state index contributed by atoms with van der Waals surface area (Å²) < 4.78 is 38.3. The Bertz CT molecular complexity index is 1730. The molecule has 3 N–H and O–H groups in total. The molecule has 2 aromatic rings. The predicted octanol–water partition coefficient (Wildman–Crippen LogP) is 7.83. The van der Waals surface area contributed by atoms with E-state index in [1.54, 1.807) is 29.7 Å². The van der Waals surface area contributed by atoms with Gasteiger partial charge >= 0.3 is 6.09 Å². The van der Waals surface area contributed by atoms with Crippen molar-refractivity contribution in [2.24, 2.45) is 22.9 Å². The van der Waals surface area contributed by atoms with E-state index in [0.717, 1.165) is 54.6 Å². The molecule has 2 aromatic carbocycles. The summed E-state index contributed by atoms with van der Waals surface area (Å²) in [4.78, 5) is 23.2. The van der Waals surface area contributed by atoms with Gasteiger partial charge in [0, 0.05) is 49.0 Å². The van der Waals surface area contributed by atoms with Gasteiger partial charge < -0.3 is 48.6 Å². The van der Waals surface area contributed by atoms with Crippen molar-refractivity contribution in [1.29, 1.82) is 0 Å². The number of nitrogens with zero attached hydrogens (tertiary/aromatic N) is 2. The van der Waals surface area contributed by atoms with Crippen LogP contribution in [0.2, 0.25) is 0 Å². The molecule has 1 amide bonds. The maximum atomic E-state index is 14.2. The number of carbonyl (C=O) groups is 1. The minimum Gasteiger partial charge on any atom is -0.459 e. The molecule has 14 heteroatoms. The molecule has 6 rings (SSSR count). The Labute approximate surface area is 359 Å². The molecule has 0 aromatic heterocycles. The zero-order valence-corrected chi connectivity index (χ0v) is 36.0. The van der Waals surface area contributed by atoms with Gasteiger partial charge in [0.05, 0.1) is 51.3 Å². The standard InChI is InChI=1S/C46H64N2O11S/c1-4-25-56-46-41(48(45(52)54-5-2)21-27-53-28-24-51)31-39(47-59-42-14-8-11-26-55-42)37-29-32(12-6-9-22-49)36(13-7-10-23-50)43(44(37)46)38-30-34(17-20-40(38)58-46)57-33-15-18-35(60-3)19-16-33/h4,15-20,29-30,32,36,41-44,49-51H,1,5-14,21-28,31H2,2-3H3. The van der Waals surface area contributed by atoms with E-state index in [1.807, 2.05) is 42.7 Å². The van der Waals surface area contributed by atoms with E-state index in [-0.39, 0.29) is 77.0 Å². The van der Waals surface area contributed by atoms with E-state index in [0.29, 0.717) is 48.8 Å². The van der Waals surface area contributed by atoms with Gasteiger partial charge in [0.15, 0.2) is 0 Å². The molecule has 2 aliphatic heterocycles. The normalized spacial score (nSPS) is 26.3. The Kier molecular flexibility index (Phi) is 17.6. The Hall–Kier alpha value is -3.63. The number of aliphatic hydroxyl groups is 3. The molecule has 2 heterocycles. The lowest BCUT2D eigenvalue weighted by Gasteiger charge is -2.59. The van der Waals surface area contributed by atoms with Crippen LogP contribution in [0.1, 0.15) is 82.6 Å². The topological polar surface area (TPSA) is 158 Å². The third kappa shape index (κ3) is 10.9. The maximum absolute atomic E-state index is 14.2. The van der Waals surface area contributed by atoms with Crippen LogP contribution in [-0.2, 0) is 23.8 Å². The van der Waals surface area contributed by atoms with Crippen LogP contribution in [-0.4, -0.2) is 116 Å². The largest absolute Gasteiger partial charge is 0.459 e. The summed E-state index contributed by atoms with van der Waals surface area (Å²) >= 11 is 1.67. The van der Waals surface area contributed by atoms with E-state index in [9.17, 15) is 20.1 Å². The van der Waals surface area contributed by atoms with Gasteiger partial charge in [-0.1, -0.05) is 30.1 Å². The Morgan fingerprint density at radius 2 is 1.80 bits per heavy atom. The molecular formula is C46H64N2O11S. The fourth-order valence-corrected chi connectivity index (χ4v) is 9.73. The third-order valence-corrected chi connectivity index (χ3v) is 12.7. The lowest BCUT2D eigenvalue weighted by atomic mass is 9.55. The first-order valence-electron chi connectivity index (χ1n) is 21.7. The SMILES string of the molecule is C=CCOC12Oc3ccc(Oc4ccc(SC)cc4)cc3C3C(CCCCO)C(CCCCO)C=C(C(=NOC4CCCCO4)CC1N(CCOCCO)C(=O)OCC)C32. The quantitative estimate of drug-likeness (QED) is 0.0432. The van der Waals surface area contributed by atoms with Crippen LogP contribution in [0.3, 0.4) is 0 Å². The molecule has 0 spiro atoms. The van der Waals surface area contributed by atoms with Crippen molar-refractivity contribution >= 4 is 23.6 Å². The van der Waals surface area contributed by atoms with Crippen molar-refractivity contribution in [1.82, 2.24) is 4.90 Å². The maximum Gasteiger partial charge on any atom is 0.410 e. The van der Waals surface area contributed by atoms with E-state index in [1.165, 1.54) is 0 Å². The first-order chi connectivity index (χ1) is 29.4. The predicted molar refractivity (Wildman–Crippen MR) is 230 cm³/mol. The Balaban J connectivity index is 1.56. The molecule has 1 saturated carbocycles. The monoisotopic (exact) mass is 852 g/mol. The highest BCUT2D eigenvalue weighted by atomic mass is 32.2. The molecule has 1 saturated heterocycles. The Morgan fingerprint density at radius 3 is 2.50 bits per heavy atom. The van der Waals surface area contributed by atoms with Gasteiger partial charge in [-0.25, -0.2) is 4.79 Å². The average molecular weight is 853 g/mol. The molecule has 60 heavy (non-hydrogen) atoms. The second-order valence-corrected chi connectivity index (χ2v) is 16.6. The molecule has 0 bridgehead atoms. The molecule has 330 valence electrons. The van der Waals surface area contributed by atoms with Crippen LogP contribution in [0.5, 0.6) is 17.2 Å². The van der Waals surface area contributed by atoms with Crippen molar-refractivity contribution in [2.45, 2.75) is 100 Å². The number of amides is 1. The summed E-state index contributed by atoms with van der Waals surface area (Å²) in [5, 5.41) is 34.3. The summed E-state index contributed by atoms with van der Waals surface area (Å²) in [6.07, 6.45) is 12.4. The summed E-state index contributed by atoms with van der Waals surface area (Å²) in [6.45, 7) is 7.05. The highest BCUT2D eigenvalue weighted by Gasteiger charge is 2.65. The average Bonchev–Trinajstić information content (AvgIpc) is 3.27. The second kappa shape index (κ2) is 23.0. The lowest BCUT2D eigenvalue weighted by molar-refractivity contribution is -0.256. The first kappa shape index (κ1) is 45.9. The number of rotatable bonds is 23. The van der Waals surface area contributed by atoms with E-state index in [4.69, 9.17) is 38.4 Å². The number of allylic oxidation sites excluding steroid dienone is 1. The number of ether oxygens (including phenoxy) is 6. The first-order valence-corrected chi connectivity index (χ1v) is 22.9. The van der Waals surface area contributed by atoms with E-state index in [2.05, 4.69) is 18.7 Å². The number of oxime groups is 1. The second-order valence-electron chi connectivity index (χ2n) is 15.7. The lowest BCUT2D eigenvalue weighted by Crippen LogP contribution is -2.70. The van der Waals surface area contributed by atoms with Crippen LogP contribution in [0, 0.1) is 17.8 Å². The molecule has 4 aliphatic rings. The summed E-state index contributed by atoms with van der Waals surface area (Å²) in [5.41, 5.74) is 2.55. The number of thioether (sulfide) groups is 1. The van der Waals surface area contributed by atoms with E-state index >= 15 is 0 Å². The van der Waals surface area contributed by atoms with Crippen molar-refractivity contribution in [2.75, 3.05) is 65.7 Å². The number of carbonyl (C=O) groups excluding carboxylic acids is 1. The Morgan fingerprint density at radius 1 is 1.02 bits per heavy atom. The van der Waals surface area contributed by atoms with Crippen molar-refractivity contribution < 1.29 is 53.4 Å². The molecule has 7 unspecified atom stereocenters. The highest BCUT2D eigenvalue weighted by Crippen LogP contribution is 2.62. The smallest absolute Gasteiger partial charge is 0.410 e. The molecule has 7 atom stereocenters. The summed E-state index contributed by atoms with van der Waals surface area (Å²) in [5.74, 6) is -0.0930. The molecule has 2 aliphatic carbocycles. The van der Waals surface area contributed by atoms with Gasteiger partial charge in [-0.2, -0.15) is 0 Å². The van der Waals surface area contributed by atoms with Crippen LogP contribution in [0.25, 0.3) is 0 Å². The molecule has 0 radical (unpaired) electrons. The minimum absolute atomic E-state index is 0.0426. The fourth-order valence-electron chi connectivity index (χ4n) is 9.32. The summed E-state index contributed by atoms with van der Waals surface area (Å²) in [6, 6.07) is 13.1. The minimum atomic E-state index is -1.46. The van der Waals surface area contributed by atoms with Crippen molar-refractivity contribution in [3.8, 4) is 17.2 Å². The summed E-state index contributed by atoms with van der Waals surface area (Å²) in [7, 11) is 0. The van der Waals surface area contributed by atoms with Gasteiger partial charge in [-0.15, -0.1) is 18.3 Å². The zero-order chi connectivity index (χ0) is 42.3. The van der Waals surface area contributed by atoms with Crippen molar-refractivity contribution in [3.63, 3.8) is 0 Å². The number of aliphatic hydroxyl groups excluding tert-OH is 3. The number of hydrogen-bond donors (Lipinski definition) is 3. The van der Waals surface area contributed by atoms with Crippen LogP contribution in [0.4, 0.5) is 4.79 Å². The van der Waals surface area contributed by atoms with Crippen LogP contribution < -0.4 is 9.47 Å². The van der Waals surface area contributed by atoms with E-state index < -0.39 is 30.1 Å².